The van der Waals surface area contributed by atoms with Crippen LogP contribution in [0, 0.1) is 5.92 Å². The van der Waals surface area contributed by atoms with Gasteiger partial charge in [-0.3, -0.25) is 4.79 Å². The number of nitrogens with one attached hydrogen (secondary N) is 2. The van der Waals surface area contributed by atoms with Crippen molar-refractivity contribution >= 4 is 39.9 Å². The Hall–Kier alpha value is -0.860. The van der Waals surface area contributed by atoms with E-state index in [0.29, 0.717) is 17.4 Å². The van der Waals surface area contributed by atoms with Crippen molar-refractivity contribution in [1.29, 1.82) is 0 Å². The molecule has 1 aromatic rings. The van der Waals surface area contributed by atoms with Gasteiger partial charge >= 0.3 is 0 Å². The van der Waals surface area contributed by atoms with Gasteiger partial charge in [-0.2, -0.15) is 4.72 Å². The van der Waals surface area contributed by atoms with Crippen molar-refractivity contribution in [3.63, 3.8) is 0 Å². The zero-order valence-corrected chi connectivity index (χ0v) is 17.3. The van der Waals surface area contributed by atoms with E-state index in [9.17, 15) is 13.2 Å². The second kappa shape index (κ2) is 9.73. The summed E-state index contributed by atoms with van der Waals surface area (Å²) >= 11 is 5.76. The molecule has 0 aliphatic carbocycles. The van der Waals surface area contributed by atoms with Gasteiger partial charge in [0.25, 0.3) is 0 Å². The number of nitrogens with two attached hydrogens (primary N) is 1. The van der Waals surface area contributed by atoms with E-state index in [0.717, 1.165) is 0 Å². The standard InChI is InChI=1S/C16H26ClN3O3S.ClH/c1-11(2)9-16(4,10-18)19-15(21)12(3)20-24(22,23)14-7-5-13(17)6-8-14;/h5-8,11-12,20H,9-10,18H2,1-4H3,(H,19,21);1H. The summed E-state index contributed by atoms with van der Waals surface area (Å²) in [6.07, 6.45) is 0.700. The molecule has 4 N–H and O–H groups in total. The van der Waals surface area contributed by atoms with Crippen molar-refractivity contribution in [2.75, 3.05) is 6.54 Å². The molecule has 0 fully saturated rings. The van der Waals surface area contributed by atoms with Crippen LogP contribution in [0.15, 0.2) is 29.2 Å². The summed E-state index contributed by atoms with van der Waals surface area (Å²) in [5.41, 5.74) is 5.19. The first-order valence-electron chi connectivity index (χ1n) is 7.79. The Bertz CT molecular complexity index is 666. The van der Waals surface area contributed by atoms with Crippen LogP contribution in [-0.2, 0) is 14.8 Å². The third-order valence-electron chi connectivity index (χ3n) is 3.58. The van der Waals surface area contributed by atoms with Crippen molar-refractivity contribution in [1.82, 2.24) is 10.0 Å². The second-order valence-corrected chi connectivity index (χ2v) is 8.80. The van der Waals surface area contributed by atoms with Crippen LogP contribution in [-0.4, -0.2) is 32.5 Å². The van der Waals surface area contributed by atoms with Crippen LogP contribution in [0.1, 0.15) is 34.1 Å². The summed E-state index contributed by atoms with van der Waals surface area (Å²) in [5.74, 6) is -0.0685. The quantitative estimate of drug-likeness (QED) is 0.610. The van der Waals surface area contributed by atoms with Crippen LogP contribution in [0.4, 0.5) is 0 Å². The van der Waals surface area contributed by atoms with Gasteiger partial charge in [-0.1, -0.05) is 25.4 Å². The molecule has 0 spiro atoms. The highest BCUT2D eigenvalue weighted by Crippen LogP contribution is 2.16. The molecule has 2 unspecified atom stereocenters. The number of carbonyl (C=O) groups excluding carboxylic acids is 1. The van der Waals surface area contributed by atoms with Gasteiger partial charge in [0.05, 0.1) is 10.9 Å². The number of rotatable bonds is 8. The topological polar surface area (TPSA) is 101 Å². The lowest BCUT2D eigenvalue weighted by atomic mass is 9.90. The Morgan fingerprint density at radius 2 is 1.76 bits per heavy atom. The highest BCUT2D eigenvalue weighted by molar-refractivity contribution is 7.89. The fourth-order valence-corrected chi connectivity index (χ4v) is 3.79. The zero-order chi connectivity index (χ0) is 18.5. The number of carbonyl (C=O) groups is 1. The molecule has 144 valence electrons. The van der Waals surface area contributed by atoms with Gasteiger partial charge in [0.2, 0.25) is 15.9 Å². The predicted molar refractivity (Wildman–Crippen MR) is 104 cm³/mol. The van der Waals surface area contributed by atoms with Crippen LogP contribution in [0.2, 0.25) is 5.02 Å². The van der Waals surface area contributed by atoms with Gasteiger partial charge in [-0.05, 0) is 50.5 Å². The minimum atomic E-state index is -3.81. The Labute approximate surface area is 161 Å². The molecular formula is C16H27Cl2N3O3S. The van der Waals surface area contributed by atoms with Crippen molar-refractivity contribution in [2.45, 2.75) is 50.6 Å². The molecule has 0 aliphatic rings. The summed E-state index contributed by atoms with van der Waals surface area (Å²) in [6.45, 7) is 7.69. The summed E-state index contributed by atoms with van der Waals surface area (Å²) in [6, 6.07) is 4.81. The van der Waals surface area contributed by atoms with Gasteiger partial charge in [0.15, 0.2) is 0 Å². The first-order chi connectivity index (χ1) is 11.0. The van der Waals surface area contributed by atoms with E-state index in [1.807, 2.05) is 20.8 Å². The number of hydrogen-bond donors (Lipinski definition) is 3. The van der Waals surface area contributed by atoms with Crippen molar-refractivity contribution in [3.05, 3.63) is 29.3 Å². The minimum Gasteiger partial charge on any atom is -0.348 e. The first-order valence-corrected chi connectivity index (χ1v) is 9.65. The maximum atomic E-state index is 12.3. The van der Waals surface area contributed by atoms with Crippen molar-refractivity contribution < 1.29 is 13.2 Å². The highest BCUT2D eigenvalue weighted by atomic mass is 35.5. The molecule has 0 aromatic heterocycles. The Kier molecular flexibility index (Phi) is 9.40. The lowest BCUT2D eigenvalue weighted by Gasteiger charge is -2.32. The van der Waals surface area contributed by atoms with Crippen molar-refractivity contribution in [3.8, 4) is 0 Å². The number of sulfonamides is 1. The molecule has 0 radical (unpaired) electrons. The number of hydrogen-bond acceptors (Lipinski definition) is 4. The molecule has 1 aromatic carbocycles. The predicted octanol–water partition coefficient (Wildman–Crippen LogP) is 2.31. The monoisotopic (exact) mass is 411 g/mol. The average Bonchev–Trinajstić information content (AvgIpc) is 2.46. The molecule has 6 nitrogen and oxygen atoms in total. The number of benzene rings is 1. The maximum Gasteiger partial charge on any atom is 0.241 e. The molecule has 0 saturated heterocycles. The summed E-state index contributed by atoms with van der Waals surface area (Å²) < 4.78 is 27.0. The van der Waals surface area contributed by atoms with Gasteiger partial charge in [-0.15, -0.1) is 12.4 Å². The molecule has 0 bridgehead atoms. The fraction of sp³-hybridized carbons (Fsp3) is 0.562. The van der Waals surface area contributed by atoms with E-state index in [2.05, 4.69) is 10.0 Å². The normalized spacial score (nSPS) is 15.2. The van der Waals surface area contributed by atoms with E-state index in [1.165, 1.54) is 31.2 Å². The molecule has 0 saturated carbocycles. The van der Waals surface area contributed by atoms with Crippen LogP contribution >= 0.6 is 24.0 Å². The summed E-state index contributed by atoms with van der Waals surface area (Å²) in [4.78, 5) is 12.4. The largest absolute Gasteiger partial charge is 0.348 e. The zero-order valence-electron chi connectivity index (χ0n) is 14.9. The fourth-order valence-electron chi connectivity index (χ4n) is 2.46. The molecule has 1 rings (SSSR count). The van der Waals surface area contributed by atoms with Gasteiger partial charge < -0.3 is 11.1 Å². The van der Waals surface area contributed by atoms with Gasteiger partial charge in [-0.25, -0.2) is 8.42 Å². The molecule has 9 heteroatoms. The Morgan fingerprint density at radius 3 is 2.20 bits per heavy atom. The van der Waals surface area contributed by atoms with E-state index in [-0.39, 0.29) is 23.8 Å². The van der Waals surface area contributed by atoms with Crippen LogP contribution in [0.5, 0.6) is 0 Å². The van der Waals surface area contributed by atoms with E-state index < -0.39 is 27.5 Å². The van der Waals surface area contributed by atoms with Gasteiger partial charge in [0, 0.05) is 17.1 Å². The van der Waals surface area contributed by atoms with Crippen LogP contribution in [0.3, 0.4) is 0 Å². The first kappa shape index (κ1) is 24.1. The lowest BCUT2D eigenvalue weighted by Crippen LogP contribution is -2.57. The Morgan fingerprint density at radius 1 is 1.24 bits per heavy atom. The summed E-state index contributed by atoms with van der Waals surface area (Å²) in [5, 5.41) is 3.28. The van der Waals surface area contributed by atoms with Gasteiger partial charge in [0.1, 0.15) is 0 Å². The molecule has 1 amide bonds. The van der Waals surface area contributed by atoms with Crippen LogP contribution in [0.25, 0.3) is 0 Å². The van der Waals surface area contributed by atoms with E-state index in [4.69, 9.17) is 17.3 Å². The number of halogens is 2. The SMILES string of the molecule is CC(C)CC(C)(CN)NC(=O)C(C)NS(=O)(=O)c1ccc(Cl)cc1.Cl. The minimum absolute atomic E-state index is 0. The lowest BCUT2D eigenvalue weighted by molar-refractivity contribution is -0.124. The third kappa shape index (κ3) is 7.50. The molecule has 25 heavy (non-hydrogen) atoms. The van der Waals surface area contributed by atoms with Crippen molar-refractivity contribution in [2.24, 2.45) is 11.7 Å². The third-order valence-corrected chi connectivity index (χ3v) is 5.39. The maximum absolute atomic E-state index is 12.3. The molecule has 0 heterocycles. The average molecular weight is 412 g/mol. The smallest absolute Gasteiger partial charge is 0.241 e. The summed E-state index contributed by atoms with van der Waals surface area (Å²) in [7, 11) is -3.81. The Balaban J connectivity index is 0.00000576. The highest BCUT2D eigenvalue weighted by Gasteiger charge is 2.29. The van der Waals surface area contributed by atoms with E-state index >= 15 is 0 Å². The van der Waals surface area contributed by atoms with E-state index in [1.54, 1.807) is 0 Å². The van der Waals surface area contributed by atoms with Crippen LogP contribution < -0.4 is 15.8 Å². The molecule has 0 aliphatic heterocycles. The molecule has 2 atom stereocenters. The molecular weight excluding hydrogens is 385 g/mol. The number of amides is 1. The second-order valence-electron chi connectivity index (χ2n) is 6.65.